The van der Waals surface area contributed by atoms with Crippen LogP contribution in [-0.2, 0) is 0 Å². The molecule has 0 aromatic heterocycles. The molecule has 3 amide bonds. The zero-order valence-electron chi connectivity index (χ0n) is 19.3. The third-order valence-electron chi connectivity index (χ3n) is 7.15. The lowest BCUT2D eigenvalue weighted by molar-refractivity contribution is 0.0681. The summed E-state index contributed by atoms with van der Waals surface area (Å²) in [6.45, 7) is 0.397. The second-order valence-electron chi connectivity index (χ2n) is 9.50. The highest BCUT2D eigenvalue weighted by Gasteiger charge is 2.54. The molecule has 6 nitrogen and oxygen atoms in total. The standard InChI is InChI=1S/C26H27F3N4O2/c27-17-13-18(28)15-20(14-17)33-25(35)31-24(30-19-7-2-1-3-8-19)26(33)11-6-12-32(16-26)23(34)21-9-4-5-10-22(21)29/h4-5,9-10,13-15,19H,1-3,6-8,11-12,16H2,(H,30,31,35). The molecule has 2 heterocycles. The summed E-state index contributed by atoms with van der Waals surface area (Å²) in [5.74, 6) is -2.33. The molecule has 1 unspecified atom stereocenters. The van der Waals surface area contributed by atoms with Gasteiger partial charge in [-0.2, -0.15) is 0 Å². The van der Waals surface area contributed by atoms with Crippen molar-refractivity contribution >= 4 is 23.5 Å². The fourth-order valence-electron chi connectivity index (χ4n) is 5.54. The van der Waals surface area contributed by atoms with Crippen molar-refractivity contribution < 1.29 is 22.8 Å². The highest BCUT2D eigenvalue weighted by molar-refractivity contribution is 6.19. The Hall–Kier alpha value is -3.36. The molecule has 5 rings (SSSR count). The molecule has 9 heteroatoms. The monoisotopic (exact) mass is 484 g/mol. The lowest BCUT2D eigenvalue weighted by Gasteiger charge is -2.44. The van der Waals surface area contributed by atoms with Gasteiger partial charge in [0.1, 0.15) is 28.8 Å². The number of benzene rings is 2. The molecule has 35 heavy (non-hydrogen) atoms. The molecule has 2 aliphatic heterocycles. The lowest BCUT2D eigenvalue weighted by atomic mass is 9.85. The summed E-state index contributed by atoms with van der Waals surface area (Å²) < 4.78 is 42.8. The summed E-state index contributed by atoms with van der Waals surface area (Å²) >= 11 is 0. The van der Waals surface area contributed by atoms with Gasteiger partial charge in [-0.15, -0.1) is 0 Å². The number of carbonyl (C=O) groups excluding carboxylic acids is 2. The molecule has 184 valence electrons. The van der Waals surface area contributed by atoms with Gasteiger partial charge in [-0.05, 0) is 49.9 Å². The molecule has 1 N–H and O–H groups in total. The molecular formula is C26H27F3N4O2. The van der Waals surface area contributed by atoms with E-state index in [0.29, 0.717) is 25.2 Å². The van der Waals surface area contributed by atoms with Gasteiger partial charge in [0.05, 0.1) is 23.8 Å². The maximum absolute atomic E-state index is 14.4. The predicted molar refractivity (Wildman–Crippen MR) is 126 cm³/mol. The number of halogens is 3. The number of anilines is 1. The fraction of sp³-hybridized carbons (Fsp3) is 0.423. The number of rotatable bonds is 3. The summed E-state index contributed by atoms with van der Waals surface area (Å²) in [7, 11) is 0. The number of amides is 3. The van der Waals surface area contributed by atoms with Crippen LogP contribution in [0.15, 0.2) is 47.5 Å². The number of amidine groups is 1. The summed E-state index contributed by atoms with van der Waals surface area (Å²) in [6.07, 6.45) is 5.95. The van der Waals surface area contributed by atoms with Crippen molar-refractivity contribution in [3.63, 3.8) is 0 Å². The first kappa shape index (κ1) is 23.4. The number of hydrogen-bond donors (Lipinski definition) is 1. The van der Waals surface area contributed by atoms with Crippen LogP contribution in [0.2, 0.25) is 0 Å². The maximum Gasteiger partial charge on any atom is 0.328 e. The molecule has 3 fully saturated rings. The quantitative estimate of drug-likeness (QED) is 0.664. The van der Waals surface area contributed by atoms with Crippen LogP contribution in [0.5, 0.6) is 0 Å². The largest absolute Gasteiger partial charge is 0.336 e. The van der Waals surface area contributed by atoms with E-state index in [1.165, 1.54) is 28.0 Å². The van der Waals surface area contributed by atoms with E-state index in [9.17, 15) is 22.8 Å². The lowest BCUT2D eigenvalue weighted by Crippen LogP contribution is -2.61. The minimum absolute atomic E-state index is 0.0257. The van der Waals surface area contributed by atoms with Crippen molar-refractivity contribution in [3.05, 3.63) is 65.5 Å². The topological polar surface area (TPSA) is 65.0 Å². The Morgan fingerprint density at radius 1 is 1.00 bits per heavy atom. The van der Waals surface area contributed by atoms with Gasteiger partial charge >= 0.3 is 6.03 Å². The van der Waals surface area contributed by atoms with Crippen molar-refractivity contribution in [1.29, 1.82) is 0 Å². The molecule has 3 aliphatic rings. The third-order valence-corrected chi connectivity index (χ3v) is 7.15. The molecule has 2 aromatic rings. The van der Waals surface area contributed by atoms with Gasteiger partial charge < -0.3 is 4.90 Å². The van der Waals surface area contributed by atoms with Crippen LogP contribution in [0.3, 0.4) is 0 Å². The molecule has 0 radical (unpaired) electrons. The van der Waals surface area contributed by atoms with E-state index in [2.05, 4.69) is 5.32 Å². The van der Waals surface area contributed by atoms with Crippen LogP contribution in [-0.4, -0.2) is 47.3 Å². The van der Waals surface area contributed by atoms with Gasteiger partial charge in [0.15, 0.2) is 0 Å². The Morgan fingerprint density at radius 3 is 2.43 bits per heavy atom. The predicted octanol–water partition coefficient (Wildman–Crippen LogP) is 5.04. The van der Waals surface area contributed by atoms with E-state index in [-0.39, 0.29) is 23.8 Å². The van der Waals surface area contributed by atoms with E-state index in [1.54, 1.807) is 6.07 Å². The van der Waals surface area contributed by atoms with Crippen LogP contribution in [0.4, 0.5) is 23.7 Å². The van der Waals surface area contributed by atoms with Gasteiger partial charge in [-0.25, -0.2) is 18.0 Å². The number of piperidine rings is 1. The molecule has 1 saturated carbocycles. The minimum Gasteiger partial charge on any atom is -0.336 e. The number of nitrogens with zero attached hydrogens (tertiary/aromatic N) is 3. The van der Waals surface area contributed by atoms with Crippen LogP contribution in [0.25, 0.3) is 0 Å². The highest BCUT2D eigenvalue weighted by atomic mass is 19.1. The first-order valence-electron chi connectivity index (χ1n) is 12.1. The van der Waals surface area contributed by atoms with Gasteiger partial charge in [-0.3, -0.25) is 20.0 Å². The van der Waals surface area contributed by atoms with E-state index in [0.717, 1.165) is 50.3 Å². The number of hydrogen-bond acceptors (Lipinski definition) is 3. The minimum atomic E-state index is -1.13. The maximum atomic E-state index is 14.4. The van der Waals surface area contributed by atoms with E-state index >= 15 is 0 Å². The first-order chi connectivity index (χ1) is 16.9. The van der Waals surface area contributed by atoms with E-state index in [1.807, 2.05) is 0 Å². The van der Waals surface area contributed by atoms with Gasteiger partial charge in [-0.1, -0.05) is 31.4 Å². The number of nitrogens with one attached hydrogen (secondary N) is 1. The average Bonchev–Trinajstić information content (AvgIpc) is 3.08. The second-order valence-corrected chi connectivity index (χ2v) is 9.50. The Balaban J connectivity index is 1.57. The zero-order valence-corrected chi connectivity index (χ0v) is 19.3. The van der Waals surface area contributed by atoms with Gasteiger partial charge in [0.2, 0.25) is 0 Å². The molecule has 1 spiro atoms. The SMILES string of the molecule is O=C(c1ccccc1F)N1CCCC2(C1)C(=NC1CCCCC1)NC(=O)N2c1cc(F)cc(F)c1. The summed E-state index contributed by atoms with van der Waals surface area (Å²) in [5, 5.41) is 2.84. The number of urea groups is 1. The number of aliphatic imine (C=N–C) groups is 1. The van der Waals surface area contributed by atoms with Gasteiger partial charge in [0.25, 0.3) is 5.91 Å². The van der Waals surface area contributed by atoms with Crippen molar-refractivity contribution in [1.82, 2.24) is 10.2 Å². The molecule has 1 aliphatic carbocycles. The molecule has 2 aromatic carbocycles. The Morgan fingerprint density at radius 2 is 1.71 bits per heavy atom. The van der Waals surface area contributed by atoms with E-state index < -0.39 is 34.9 Å². The molecule has 2 saturated heterocycles. The van der Waals surface area contributed by atoms with E-state index in [4.69, 9.17) is 4.99 Å². The molecule has 1 atom stereocenters. The van der Waals surface area contributed by atoms with Crippen LogP contribution >= 0.6 is 0 Å². The molecule has 0 bridgehead atoms. The van der Waals surface area contributed by atoms with Crippen LogP contribution in [0.1, 0.15) is 55.3 Å². The van der Waals surface area contributed by atoms with Crippen LogP contribution in [0, 0.1) is 17.5 Å². The normalized spacial score (nSPS) is 24.3. The summed E-state index contributed by atoms with van der Waals surface area (Å²) in [6, 6.07) is 8.18. The van der Waals surface area contributed by atoms with Crippen molar-refractivity contribution in [2.75, 3.05) is 18.0 Å². The molecular weight excluding hydrogens is 457 g/mol. The van der Waals surface area contributed by atoms with Crippen LogP contribution < -0.4 is 10.2 Å². The van der Waals surface area contributed by atoms with Crippen molar-refractivity contribution in [3.8, 4) is 0 Å². The number of carbonyl (C=O) groups is 2. The smallest absolute Gasteiger partial charge is 0.328 e. The summed E-state index contributed by atoms with van der Waals surface area (Å²) in [5.41, 5.74) is -1.14. The fourth-order valence-corrected chi connectivity index (χ4v) is 5.54. The van der Waals surface area contributed by atoms with Crippen molar-refractivity contribution in [2.45, 2.75) is 56.5 Å². The first-order valence-corrected chi connectivity index (χ1v) is 12.1. The Labute approximate surface area is 201 Å². The Kier molecular flexibility index (Phi) is 6.25. The highest BCUT2D eigenvalue weighted by Crippen LogP contribution is 2.38. The van der Waals surface area contributed by atoms with Crippen molar-refractivity contribution in [2.24, 2.45) is 4.99 Å². The van der Waals surface area contributed by atoms with Gasteiger partial charge in [0, 0.05) is 12.6 Å². The average molecular weight is 485 g/mol. The second kappa shape index (κ2) is 9.36. The zero-order chi connectivity index (χ0) is 24.6. The number of likely N-dealkylation sites (tertiary alicyclic amines) is 1. The third kappa shape index (κ3) is 4.39. The summed E-state index contributed by atoms with van der Waals surface area (Å²) in [4.78, 5) is 34.3. The Bertz CT molecular complexity index is 1160.